The smallest absolute Gasteiger partial charge is 0.227 e. The van der Waals surface area contributed by atoms with Gasteiger partial charge in [-0.2, -0.15) is 0 Å². The van der Waals surface area contributed by atoms with Crippen molar-refractivity contribution in [2.45, 2.75) is 47.5 Å². The van der Waals surface area contributed by atoms with E-state index >= 15 is 0 Å². The molecule has 1 amide bonds. The first-order chi connectivity index (χ1) is 9.23. The number of nitrogen functional groups attached to an aromatic ring is 1. The third kappa shape index (κ3) is 5.24. The lowest BCUT2D eigenvalue weighted by Crippen LogP contribution is -2.32. The van der Waals surface area contributed by atoms with Crippen molar-refractivity contribution in [1.29, 1.82) is 0 Å². The van der Waals surface area contributed by atoms with Gasteiger partial charge in [-0.15, -0.1) is 0 Å². The van der Waals surface area contributed by atoms with Crippen molar-refractivity contribution in [2.24, 2.45) is 11.3 Å². The number of amides is 1. The van der Waals surface area contributed by atoms with E-state index in [0.29, 0.717) is 24.6 Å². The van der Waals surface area contributed by atoms with Gasteiger partial charge in [0.15, 0.2) is 0 Å². The van der Waals surface area contributed by atoms with E-state index in [0.717, 1.165) is 12.1 Å². The van der Waals surface area contributed by atoms with E-state index in [1.165, 1.54) is 0 Å². The maximum atomic E-state index is 12.5. The van der Waals surface area contributed by atoms with Crippen LogP contribution in [0.25, 0.3) is 0 Å². The highest BCUT2D eigenvalue weighted by molar-refractivity contribution is 5.93. The van der Waals surface area contributed by atoms with Gasteiger partial charge in [-0.05, 0) is 42.9 Å². The highest BCUT2D eigenvalue weighted by Crippen LogP contribution is 2.27. The van der Waals surface area contributed by atoms with Gasteiger partial charge >= 0.3 is 0 Å². The summed E-state index contributed by atoms with van der Waals surface area (Å²) in [6.45, 7) is 11.5. The Morgan fingerprint density at radius 1 is 1.35 bits per heavy atom. The van der Waals surface area contributed by atoms with Crippen molar-refractivity contribution in [3.8, 4) is 0 Å². The second-order valence-corrected chi connectivity index (χ2v) is 6.81. The first kappa shape index (κ1) is 16.5. The number of carbonyl (C=O) groups excluding carboxylic acids is 1. The number of hydrogen-bond donors (Lipinski definition) is 1. The third-order valence-corrected chi connectivity index (χ3v) is 3.28. The minimum Gasteiger partial charge on any atom is -0.399 e. The van der Waals surface area contributed by atoms with E-state index in [4.69, 9.17) is 5.73 Å². The van der Waals surface area contributed by atoms with Crippen molar-refractivity contribution in [2.75, 3.05) is 17.2 Å². The van der Waals surface area contributed by atoms with Gasteiger partial charge in [0.25, 0.3) is 0 Å². The Morgan fingerprint density at radius 2 is 2.00 bits per heavy atom. The minimum absolute atomic E-state index is 0.176. The van der Waals surface area contributed by atoms with Gasteiger partial charge in [-0.25, -0.2) is 0 Å². The molecule has 0 bridgehead atoms. The molecule has 0 aliphatic carbocycles. The molecule has 0 heterocycles. The van der Waals surface area contributed by atoms with Crippen molar-refractivity contribution >= 4 is 17.3 Å². The maximum absolute atomic E-state index is 12.5. The lowest BCUT2D eigenvalue weighted by molar-refractivity contribution is -0.119. The van der Waals surface area contributed by atoms with Crippen LogP contribution in [-0.2, 0) is 4.79 Å². The fourth-order valence-corrected chi connectivity index (χ4v) is 2.72. The zero-order valence-corrected chi connectivity index (χ0v) is 13.4. The van der Waals surface area contributed by atoms with Crippen LogP contribution in [0.4, 0.5) is 11.4 Å². The maximum Gasteiger partial charge on any atom is 0.227 e. The molecule has 0 aliphatic heterocycles. The summed E-state index contributed by atoms with van der Waals surface area (Å²) in [5.41, 5.74) is 7.64. The van der Waals surface area contributed by atoms with Crippen LogP contribution in [0.1, 0.15) is 47.5 Å². The molecule has 1 aromatic rings. The molecule has 1 rings (SSSR count). The average molecular weight is 276 g/mol. The molecule has 0 aromatic heterocycles. The van der Waals surface area contributed by atoms with Crippen LogP contribution in [0, 0.1) is 11.3 Å². The quantitative estimate of drug-likeness (QED) is 0.823. The van der Waals surface area contributed by atoms with E-state index in [2.05, 4.69) is 27.7 Å². The fourth-order valence-electron chi connectivity index (χ4n) is 2.72. The Bertz CT molecular complexity index is 449. The van der Waals surface area contributed by atoms with E-state index in [1.54, 1.807) is 0 Å². The number of nitrogens with zero attached hydrogens (tertiary/aromatic N) is 1. The number of hydrogen-bond acceptors (Lipinski definition) is 2. The van der Waals surface area contributed by atoms with Crippen molar-refractivity contribution < 1.29 is 4.79 Å². The Kier molecular flexibility index (Phi) is 5.61. The zero-order valence-electron chi connectivity index (χ0n) is 13.4. The summed E-state index contributed by atoms with van der Waals surface area (Å²) in [5.74, 6) is 0.562. The van der Waals surface area contributed by atoms with Gasteiger partial charge in [0.2, 0.25) is 5.91 Å². The molecule has 3 nitrogen and oxygen atoms in total. The highest BCUT2D eigenvalue weighted by atomic mass is 16.2. The van der Waals surface area contributed by atoms with E-state index in [1.807, 2.05) is 36.1 Å². The minimum atomic E-state index is 0.176. The van der Waals surface area contributed by atoms with Gasteiger partial charge in [-0.1, -0.05) is 33.8 Å². The number of anilines is 2. The molecule has 0 saturated carbocycles. The lowest BCUT2D eigenvalue weighted by atomic mass is 9.84. The Labute approximate surface area is 123 Å². The summed E-state index contributed by atoms with van der Waals surface area (Å²) in [4.78, 5) is 14.3. The Morgan fingerprint density at radius 3 is 2.50 bits per heavy atom. The fraction of sp³-hybridized carbons (Fsp3) is 0.588. The van der Waals surface area contributed by atoms with Gasteiger partial charge in [0.1, 0.15) is 0 Å². The van der Waals surface area contributed by atoms with Crippen LogP contribution in [0.3, 0.4) is 0 Å². The number of nitrogens with two attached hydrogens (primary N) is 1. The second-order valence-electron chi connectivity index (χ2n) is 6.81. The standard InChI is InChI=1S/C17H28N2O/c1-6-19(15-9-7-8-14(18)11-15)16(20)10-13(2)12-17(3,4)5/h7-9,11,13H,6,10,12,18H2,1-5H3. The summed E-state index contributed by atoms with van der Waals surface area (Å²) in [6, 6.07) is 7.52. The molecule has 0 radical (unpaired) electrons. The monoisotopic (exact) mass is 276 g/mol. The SMILES string of the molecule is CCN(C(=O)CC(C)CC(C)(C)C)c1cccc(N)c1. The Hall–Kier alpha value is -1.51. The number of rotatable bonds is 5. The van der Waals surface area contributed by atoms with Crippen LogP contribution in [0.2, 0.25) is 0 Å². The summed E-state index contributed by atoms with van der Waals surface area (Å²) < 4.78 is 0. The molecule has 112 valence electrons. The first-order valence-electron chi connectivity index (χ1n) is 7.39. The van der Waals surface area contributed by atoms with Crippen molar-refractivity contribution in [3.05, 3.63) is 24.3 Å². The zero-order chi connectivity index (χ0) is 15.3. The first-order valence-corrected chi connectivity index (χ1v) is 7.39. The molecule has 2 N–H and O–H groups in total. The van der Waals surface area contributed by atoms with Crippen molar-refractivity contribution in [3.63, 3.8) is 0 Å². The van der Waals surface area contributed by atoms with E-state index in [-0.39, 0.29) is 11.3 Å². The number of carbonyl (C=O) groups is 1. The van der Waals surface area contributed by atoms with Gasteiger partial charge in [-0.3, -0.25) is 4.79 Å². The molecule has 3 heteroatoms. The molecule has 0 spiro atoms. The Balaban J connectivity index is 2.73. The molecular weight excluding hydrogens is 248 g/mol. The average Bonchev–Trinajstić information content (AvgIpc) is 2.26. The van der Waals surface area contributed by atoms with Gasteiger partial charge < -0.3 is 10.6 Å². The third-order valence-electron chi connectivity index (χ3n) is 3.28. The molecule has 1 unspecified atom stereocenters. The molecular formula is C17H28N2O. The van der Waals surface area contributed by atoms with Crippen LogP contribution in [0.15, 0.2) is 24.3 Å². The summed E-state index contributed by atoms with van der Waals surface area (Å²) in [7, 11) is 0. The predicted molar refractivity (Wildman–Crippen MR) is 86.7 cm³/mol. The molecule has 20 heavy (non-hydrogen) atoms. The topological polar surface area (TPSA) is 46.3 Å². The molecule has 1 aromatic carbocycles. The van der Waals surface area contributed by atoms with E-state index < -0.39 is 0 Å². The summed E-state index contributed by atoms with van der Waals surface area (Å²) in [5, 5.41) is 0. The molecule has 1 atom stereocenters. The van der Waals surface area contributed by atoms with Crippen LogP contribution < -0.4 is 10.6 Å². The molecule has 0 aliphatic rings. The normalized spacial score (nSPS) is 13.1. The van der Waals surface area contributed by atoms with Crippen LogP contribution in [-0.4, -0.2) is 12.5 Å². The summed E-state index contributed by atoms with van der Waals surface area (Å²) >= 11 is 0. The van der Waals surface area contributed by atoms with Crippen molar-refractivity contribution in [1.82, 2.24) is 0 Å². The summed E-state index contributed by atoms with van der Waals surface area (Å²) in [6.07, 6.45) is 1.63. The molecule has 0 fully saturated rings. The lowest BCUT2D eigenvalue weighted by Gasteiger charge is -2.26. The largest absolute Gasteiger partial charge is 0.399 e. The van der Waals surface area contributed by atoms with Crippen LogP contribution >= 0.6 is 0 Å². The second kappa shape index (κ2) is 6.78. The number of benzene rings is 1. The van der Waals surface area contributed by atoms with Gasteiger partial charge in [0, 0.05) is 24.3 Å². The molecule has 0 saturated heterocycles. The highest BCUT2D eigenvalue weighted by Gasteiger charge is 2.21. The predicted octanol–water partition coefficient (Wildman–Crippen LogP) is 4.08. The van der Waals surface area contributed by atoms with E-state index in [9.17, 15) is 4.79 Å². The van der Waals surface area contributed by atoms with Crippen LogP contribution in [0.5, 0.6) is 0 Å². The van der Waals surface area contributed by atoms with Gasteiger partial charge in [0.05, 0.1) is 0 Å².